The van der Waals surface area contributed by atoms with Gasteiger partial charge in [0.25, 0.3) is 0 Å². The van der Waals surface area contributed by atoms with Crippen LogP contribution in [0.4, 0.5) is 0 Å². The number of fused-ring (bicyclic) bond motifs is 5. The van der Waals surface area contributed by atoms with Crippen LogP contribution in [0.5, 0.6) is 5.75 Å². The Hall–Kier alpha value is -2.53. The van der Waals surface area contributed by atoms with E-state index < -0.39 is 0 Å². The minimum atomic E-state index is -0.259. The zero-order valence-electron chi connectivity index (χ0n) is 35.2. The van der Waals surface area contributed by atoms with Crippen LogP contribution in [-0.2, 0) is 4.74 Å². The van der Waals surface area contributed by atoms with Crippen LogP contribution in [0.3, 0.4) is 0 Å². The molecule has 2 aromatic rings. The van der Waals surface area contributed by atoms with Crippen molar-refractivity contribution in [2.45, 2.75) is 168 Å². The summed E-state index contributed by atoms with van der Waals surface area (Å²) in [5.41, 5.74) is 3.48. The summed E-state index contributed by atoms with van der Waals surface area (Å²) in [6.45, 7) is 15.5. The highest BCUT2D eigenvalue weighted by molar-refractivity contribution is 8.14. The van der Waals surface area contributed by atoms with Gasteiger partial charge in [0.1, 0.15) is 11.9 Å². The molecule has 0 bridgehead atoms. The van der Waals surface area contributed by atoms with Crippen LogP contribution in [0, 0.1) is 46.3 Å². The van der Waals surface area contributed by atoms with E-state index in [9.17, 15) is 9.59 Å². The molecule has 3 saturated carbocycles. The molecule has 0 heterocycles. The molecule has 4 nitrogen and oxygen atoms in total. The number of carbonyl (C=O) groups excluding carboxylic acids is 2. The van der Waals surface area contributed by atoms with Crippen molar-refractivity contribution in [2.75, 3.05) is 6.61 Å². The zero-order valence-corrected chi connectivity index (χ0v) is 36.0. The number of allylic oxidation sites excluding steroid dienone is 1. The SMILES string of the molecule is CCCCCCCCCOc1ccc(C(=O)Sc2ccc(C(=O)O[C@H]3CC[C@@]4(C)C(=CC[C@H]5[C@@H]6CC[C@H]([C@H](C)CCCC(C)C)[C@@]6(C)CC[C@@H]54)C3)cc2)cc1. The summed E-state index contributed by atoms with van der Waals surface area (Å²) in [6.07, 6.45) is 25.2. The predicted octanol–water partition coefficient (Wildman–Crippen LogP) is 14.3. The van der Waals surface area contributed by atoms with Crippen LogP contribution < -0.4 is 4.74 Å². The van der Waals surface area contributed by atoms with Crippen molar-refractivity contribution >= 4 is 22.8 Å². The molecular formula is C50H72O4S. The van der Waals surface area contributed by atoms with Gasteiger partial charge in [0, 0.05) is 16.9 Å². The number of thioether (sulfide) groups is 1. The van der Waals surface area contributed by atoms with Crippen molar-refractivity contribution in [3.05, 3.63) is 71.3 Å². The maximum atomic E-state index is 13.4. The molecule has 0 radical (unpaired) electrons. The number of unbranched alkanes of at least 4 members (excludes halogenated alkanes) is 6. The molecule has 0 amide bonds. The van der Waals surface area contributed by atoms with E-state index in [4.69, 9.17) is 9.47 Å². The summed E-state index contributed by atoms with van der Waals surface area (Å²) in [4.78, 5) is 27.2. The van der Waals surface area contributed by atoms with Gasteiger partial charge in [-0.15, -0.1) is 0 Å². The molecule has 0 spiro atoms. The molecule has 0 aliphatic heterocycles. The molecule has 5 heteroatoms. The number of esters is 1. The highest BCUT2D eigenvalue weighted by atomic mass is 32.2. The molecule has 0 N–H and O–H groups in total. The van der Waals surface area contributed by atoms with Crippen LogP contribution >= 0.6 is 11.8 Å². The van der Waals surface area contributed by atoms with Crippen LogP contribution in [0.25, 0.3) is 0 Å². The lowest BCUT2D eigenvalue weighted by Gasteiger charge is -2.58. The Morgan fingerprint density at radius 2 is 1.49 bits per heavy atom. The average Bonchev–Trinajstić information content (AvgIpc) is 3.53. The van der Waals surface area contributed by atoms with Crippen molar-refractivity contribution in [1.82, 2.24) is 0 Å². The Labute approximate surface area is 338 Å². The third-order valence-corrected chi connectivity index (χ3v) is 15.9. The molecule has 3 fully saturated rings. The normalized spacial score (nSPS) is 29.1. The van der Waals surface area contributed by atoms with E-state index in [1.165, 1.54) is 102 Å². The highest BCUT2D eigenvalue weighted by Gasteiger charge is 2.59. The first kappa shape index (κ1) is 42.1. The van der Waals surface area contributed by atoms with Crippen LogP contribution in [0.15, 0.2) is 65.1 Å². The van der Waals surface area contributed by atoms with Gasteiger partial charge in [0.05, 0.1) is 12.2 Å². The summed E-state index contributed by atoms with van der Waals surface area (Å²) in [6, 6.07) is 14.8. The first-order valence-corrected chi connectivity index (χ1v) is 23.3. The van der Waals surface area contributed by atoms with E-state index in [1.54, 1.807) is 17.7 Å². The fraction of sp³-hybridized carbons (Fsp3) is 0.680. The molecule has 302 valence electrons. The zero-order chi connectivity index (χ0) is 39.0. The number of hydrogen-bond donors (Lipinski definition) is 0. The number of rotatable bonds is 18. The largest absolute Gasteiger partial charge is 0.494 e. The lowest BCUT2D eigenvalue weighted by Crippen LogP contribution is -2.51. The van der Waals surface area contributed by atoms with Gasteiger partial charge in [-0.2, -0.15) is 0 Å². The highest BCUT2D eigenvalue weighted by Crippen LogP contribution is 2.67. The van der Waals surface area contributed by atoms with Crippen molar-refractivity contribution in [3.63, 3.8) is 0 Å². The Balaban J connectivity index is 0.959. The summed E-state index contributed by atoms with van der Waals surface area (Å²) in [7, 11) is 0. The van der Waals surface area contributed by atoms with Crippen LogP contribution in [0.1, 0.15) is 178 Å². The molecule has 0 unspecified atom stereocenters. The van der Waals surface area contributed by atoms with Crippen molar-refractivity contribution < 1.29 is 19.1 Å². The number of hydrogen-bond acceptors (Lipinski definition) is 5. The molecule has 8 atom stereocenters. The lowest BCUT2D eigenvalue weighted by atomic mass is 9.47. The summed E-state index contributed by atoms with van der Waals surface area (Å²) in [5, 5.41) is -0.0239. The van der Waals surface area contributed by atoms with Gasteiger partial charge in [-0.3, -0.25) is 4.79 Å². The van der Waals surface area contributed by atoms with Crippen LogP contribution in [-0.4, -0.2) is 23.8 Å². The van der Waals surface area contributed by atoms with Gasteiger partial charge < -0.3 is 9.47 Å². The minimum absolute atomic E-state index is 0.0239. The van der Waals surface area contributed by atoms with Gasteiger partial charge in [0.2, 0.25) is 5.12 Å². The fourth-order valence-electron chi connectivity index (χ4n) is 11.7. The third kappa shape index (κ3) is 10.1. The van der Waals surface area contributed by atoms with Gasteiger partial charge in [-0.25, -0.2) is 4.79 Å². The van der Waals surface area contributed by atoms with E-state index in [0.717, 1.165) is 71.8 Å². The molecule has 55 heavy (non-hydrogen) atoms. The van der Waals surface area contributed by atoms with Gasteiger partial charge in [-0.1, -0.05) is 111 Å². The van der Waals surface area contributed by atoms with Gasteiger partial charge >= 0.3 is 5.97 Å². The molecule has 6 rings (SSSR count). The van der Waals surface area contributed by atoms with E-state index in [2.05, 4.69) is 47.6 Å². The molecular weight excluding hydrogens is 697 g/mol. The number of carbonyl (C=O) groups is 2. The maximum Gasteiger partial charge on any atom is 0.338 e. The third-order valence-electron chi connectivity index (χ3n) is 14.9. The average molecular weight is 769 g/mol. The van der Waals surface area contributed by atoms with Crippen LogP contribution in [0.2, 0.25) is 0 Å². The lowest BCUT2D eigenvalue weighted by molar-refractivity contribution is -0.0594. The second-order valence-corrected chi connectivity index (χ2v) is 20.0. The smallest absolute Gasteiger partial charge is 0.338 e. The van der Waals surface area contributed by atoms with E-state index in [-0.39, 0.29) is 22.6 Å². The molecule has 4 aliphatic carbocycles. The quantitative estimate of drug-likeness (QED) is 0.0654. The Bertz CT molecular complexity index is 1580. The first-order chi connectivity index (χ1) is 26.5. The van der Waals surface area contributed by atoms with Crippen molar-refractivity contribution in [2.24, 2.45) is 46.3 Å². The fourth-order valence-corrected chi connectivity index (χ4v) is 12.5. The number of benzene rings is 2. The molecule has 4 aliphatic rings. The topological polar surface area (TPSA) is 52.6 Å². The predicted molar refractivity (Wildman–Crippen MR) is 229 cm³/mol. The number of ether oxygens (including phenoxy) is 2. The van der Waals surface area contributed by atoms with E-state index in [1.807, 2.05) is 36.4 Å². The van der Waals surface area contributed by atoms with Crippen molar-refractivity contribution in [1.29, 1.82) is 0 Å². The van der Waals surface area contributed by atoms with E-state index in [0.29, 0.717) is 23.1 Å². The Morgan fingerprint density at radius 3 is 2.22 bits per heavy atom. The standard InChI is InChI=1S/C50H72O4S/c1-7-8-9-10-11-12-13-33-53-40-22-17-38(18-23-40)48(52)55-42-24-19-37(20-25-42)47(51)54-41-29-31-49(5)39(34-41)21-26-43-45-28-27-44(36(4)16-14-15-35(2)3)50(45,6)32-30-46(43)49/h17-25,35-36,41,43-46H,7-16,26-34H2,1-6H3/t36-,41+,43+,44-,45+,46+,49+,50-/m1/s1. The molecule has 2 aromatic carbocycles. The Morgan fingerprint density at radius 1 is 0.782 bits per heavy atom. The molecule has 0 saturated heterocycles. The summed E-state index contributed by atoms with van der Waals surface area (Å²) in [5.74, 6) is 5.50. The molecule has 0 aromatic heterocycles. The monoisotopic (exact) mass is 769 g/mol. The summed E-state index contributed by atoms with van der Waals surface area (Å²) < 4.78 is 12.1. The van der Waals surface area contributed by atoms with Gasteiger partial charge in [0.15, 0.2) is 0 Å². The second-order valence-electron chi connectivity index (χ2n) is 19.0. The minimum Gasteiger partial charge on any atom is -0.494 e. The van der Waals surface area contributed by atoms with E-state index >= 15 is 0 Å². The maximum absolute atomic E-state index is 13.4. The van der Waals surface area contributed by atoms with Crippen molar-refractivity contribution in [3.8, 4) is 5.75 Å². The Kier molecular flexibility index (Phi) is 14.8. The second kappa shape index (κ2) is 19.3. The first-order valence-electron chi connectivity index (χ1n) is 22.5. The van der Waals surface area contributed by atoms with Gasteiger partial charge in [-0.05, 0) is 158 Å². The summed E-state index contributed by atoms with van der Waals surface area (Å²) >= 11 is 1.18.